The van der Waals surface area contributed by atoms with Crippen LogP contribution in [0.5, 0.6) is 0 Å². The predicted molar refractivity (Wildman–Crippen MR) is 234 cm³/mol. The zero-order valence-corrected chi connectivity index (χ0v) is 35.7. The summed E-state index contributed by atoms with van der Waals surface area (Å²) in [4.78, 5) is 54.6. The highest BCUT2D eigenvalue weighted by Gasteiger charge is 2.34. The van der Waals surface area contributed by atoms with Crippen LogP contribution >= 0.6 is 0 Å². The summed E-state index contributed by atoms with van der Waals surface area (Å²) in [7, 11) is 3.11. The lowest BCUT2D eigenvalue weighted by Crippen LogP contribution is -2.43. The fraction of sp³-hybridized carbons (Fsp3) is 0.435. The van der Waals surface area contributed by atoms with Gasteiger partial charge in [0, 0.05) is 81.8 Å². The van der Waals surface area contributed by atoms with Crippen molar-refractivity contribution < 1.29 is 27.2 Å². The zero-order valence-electron chi connectivity index (χ0n) is 35.7. The second-order valence-corrected chi connectivity index (χ2v) is 16.3. The molecule has 2 fully saturated rings. The van der Waals surface area contributed by atoms with Crippen LogP contribution in [-0.2, 0) is 25.8 Å². The third-order valence-corrected chi connectivity index (χ3v) is 11.9. The Morgan fingerprint density at radius 2 is 1.15 bits per heavy atom. The molecule has 5 N–H and O–H groups in total. The first kappa shape index (κ1) is 46.1. The van der Waals surface area contributed by atoms with Crippen molar-refractivity contribution in [3.63, 3.8) is 0 Å². The van der Waals surface area contributed by atoms with E-state index in [2.05, 4.69) is 25.8 Å². The average molecular weight is 861 g/mol. The van der Waals surface area contributed by atoms with Crippen molar-refractivity contribution in [2.24, 2.45) is 5.73 Å². The molecule has 2 saturated heterocycles. The second-order valence-electron chi connectivity index (χ2n) is 16.3. The second kappa shape index (κ2) is 20.2. The fourth-order valence-electron chi connectivity index (χ4n) is 8.27. The number of rotatable bonds is 11. The van der Waals surface area contributed by atoms with Gasteiger partial charge in [-0.25, -0.2) is 4.39 Å². The summed E-state index contributed by atoms with van der Waals surface area (Å²) in [6.07, 6.45) is -1.04. The third-order valence-electron chi connectivity index (χ3n) is 11.9. The number of aromatic nitrogens is 2. The van der Waals surface area contributed by atoms with Crippen molar-refractivity contribution >= 4 is 33.6 Å². The van der Waals surface area contributed by atoms with Gasteiger partial charge < -0.3 is 40.6 Å². The summed E-state index contributed by atoms with van der Waals surface area (Å²) in [6.45, 7) is 10.3. The molecule has 0 saturated carbocycles. The first-order valence-electron chi connectivity index (χ1n) is 21.1. The molecule has 4 heterocycles. The summed E-state index contributed by atoms with van der Waals surface area (Å²) in [5.41, 5.74) is 9.21. The molecule has 0 spiro atoms. The smallest absolute Gasteiger partial charge is 0.355 e. The van der Waals surface area contributed by atoms with Crippen LogP contribution in [0.25, 0.3) is 21.8 Å². The summed E-state index contributed by atoms with van der Waals surface area (Å²) in [6, 6.07) is 17.9. The number of nitrogens with zero attached hydrogens (tertiary/aromatic N) is 4. The van der Waals surface area contributed by atoms with Crippen LogP contribution in [0, 0.1) is 19.7 Å². The summed E-state index contributed by atoms with van der Waals surface area (Å²) in [5.74, 6) is -1.79. The minimum atomic E-state index is -4.70. The topological polar surface area (TPSA) is 147 Å². The number of nitrogens with one attached hydrogen (secondary N) is 3. The molecular weight excluding hydrogens is 805 g/mol. The Kier molecular flexibility index (Phi) is 15.0. The van der Waals surface area contributed by atoms with Crippen molar-refractivity contribution in [2.75, 3.05) is 53.4 Å². The Balaban J connectivity index is 0.000000223. The van der Waals surface area contributed by atoms with E-state index in [-0.39, 0.29) is 35.5 Å². The largest absolute Gasteiger partial charge is 0.419 e. The Morgan fingerprint density at radius 1 is 0.677 bits per heavy atom. The molecule has 2 aliphatic rings. The van der Waals surface area contributed by atoms with Crippen LogP contribution in [0.15, 0.2) is 76.3 Å². The van der Waals surface area contributed by atoms with E-state index in [1.807, 2.05) is 50.2 Å². The zero-order chi connectivity index (χ0) is 44.7. The van der Waals surface area contributed by atoms with Gasteiger partial charge in [-0.3, -0.25) is 19.2 Å². The standard InChI is InChI=1S/C27H30F4N4O2.C19H26N4O2/c1-17-3-5-20-21(26(37)32-2)15-25(36)35(24(20)13-17)12-11-34-9-7-19(8-10-34)33-16-18-4-6-22(23(28)14-18)27(29,30)31;1-13-3-4-15-16(19(25)21-2)12-18(24)23(17(15)11-13)10-9-22-7-5-14(20)6-8-22/h3-6,13-15,19,33H,7-12,16H2,1-2H3,(H,32,37);3-4,11-12,14H,5-10,20H2,1-2H3,(H,21,25). The van der Waals surface area contributed by atoms with E-state index in [1.54, 1.807) is 16.2 Å². The fourth-order valence-corrected chi connectivity index (χ4v) is 8.27. The molecule has 0 bridgehead atoms. The highest BCUT2D eigenvalue weighted by Crippen LogP contribution is 2.31. The van der Waals surface area contributed by atoms with E-state index in [0.29, 0.717) is 42.4 Å². The lowest BCUT2D eigenvalue weighted by molar-refractivity contribution is -0.140. The number of nitrogens with two attached hydrogens (primary N) is 1. The molecule has 2 aliphatic heterocycles. The van der Waals surface area contributed by atoms with Crippen molar-refractivity contribution in [1.29, 1.82) is 0 Å². The highest BCUT2D eigenvalue weighted by atomic mass is 19.4. The number of alkyl halides is 3. The number of likely N-dealkylation sites (tertiary alicyclic amines) is 2. The quantitative estimate of drug-likeness (QED) is 0.133. The van der Waals surface area contributed by atoms with Crippen LogP contribution in [0.3, 0.4) is 0 Å². The number of carbonyl (C=O) groups is 2. The van der Waals surface area contributed by atoms with Gasteiger partial charge >= 0.3 is 6.18 Å². The van der Waals surface area contributed by atoms with E-state index in [9.17, 15) is 36.7 Å². The molecule has 0 atom stereocenters. The molecule has 0 radical (unpaired) electrons. The molecule has 332 valence electrons. The van der Waals surface area contributed by atoms with Crippen LogP contribution in [-0.4, -0.2) is 96.2 Å². The Hall–Kier alpha value is -5.42. The Bertz CT molecular complexity index is 2520. The van der Waals surface area contributed by atoms with E-state index < -0.39 is 17.6 Å². The summed E-state index contributed by atoms with van der Waals surface area (Å²) >= 11 is 0. The number of aryl methyl sites for hydroxylation is 2. The van der Waals surface area contributed by atoms with Gasteiger partial charge in [-0.05, 0) is 107 Å². The molecule has 3 aromatic carbocycles. The van der Waals surface area contributed by atoms with Crippen molar-refractivity contribution in [1.82, 2.24) is 34.9 Å². The van der Waals surface area contributed by atoms with Gasteiger partial charge in [-0.2, -0.15) is 13.2 Å². The molecule has 0 unspecified atom stereocenters. The number of benzene rings is 3. The van der Waals surface area contributed by atoms with E-state index >= 15 is 0 Å². The number of hydrogen-bond acceptors (Lipinski definition) is 8. The van der Waals surface area contributed by atoms with Gasteiger partial charge in [0.1, 0.15) is 5.82 Å². The molecule has 2 amide bonds. The monoisotopic (exact) mass is 860 g/mol. The molecule has 5 aromatic rings. The van der Waals surface area contributed by atoms with E-state index in [4.69, 9.17) is 5.73 Å². The van der Waals surface area contributed by atoms with Crippen LogP contribution in [0.4, 0.5) is 17.6 Å². The predicted octanol–water partition coefficient (Wildman–Crippen LogP) is 5.17. The van der Waals surface area contributed by atoms with Crippen LogP contribution in [0.1, 0.15) is 68.7 Å². The van der Waals surface area contributed by atoms with E-state index in [0.717, 1.165) is 103 Å². The van der Waals surface area contributed by atoms with Gasteiger partial charge in [0.2, 0.25) is 0 Å². The maximum Gasteiger partial charge on any atom is 0.419 e. The molecule has 0 aliphatic carbocycles. The summed E-state index contributed by atoms with van der Waals surface area (Å²) in [5, 5.41) is 10.1. The van der Waals surface area contributed by atoms with Crippen molar-refractivity contribution in [3.05, 3.63) is 127 Å². The minimum Gasteiger partial charge on any atom is -0.355 e. The lowest BCUT2D eigenvalue weighted by atomic mass is 10.0. The molecular formula is C46H56F4N8O4. The van der Waals surface area contributed by atoms with Gasteiger partial charge in [0.25, 0.3) is 22.9 Å². The SMILES string of the molecule is CNC(=O)c1cc(=O)n(CCN2CCC(N)CC2)c2cc(C)ccc12.CNC(=O)c1cc(=O)n(CCN2CCC(NCc3ccc(C(F)(F)F)c(F)c3)CC2)c2cc(C)ccc12. The first-order valence-corrected chi connectivity index (χ1v) is 21.1. The first-order chi connectivity index (χ1) is 29.6. The van der Waals surface area contributed by atoms with Gasteiger partial charge in [0.05, 0.1) is 27.7 Å². The van der Waals surface area contributed by atoms with Crippen LogP contribution in [0.2, 0.25) is 0 Å². The third kappa shape index (κ3) is 11.1. The van der Waals surface area contributed by atoms with Crippen LogP contribution < -0.4 is 32.8 Å². The number of piperidine rings is 2. The number of amides is 2. The maximum atomic E-state index is 13.8. The number of halogens is 4. The van der Waals surface area contributed by atoms with Crippen molar-refractivity contribution in [2.45, 2.75) is 77.4 Å². The lowest BCUT2D eigenvalue weighted by Gasteiger charge is -2.32. The van der Waals surface area contributed by atoms with Gasteiger partial charge in [-0.15, -0.1) is 0 Å². The molecule has 2 aromatic heterocycles. The highest BCUT2D eigenvalue weighted by molar-refractivity contribution is 6.07. The number of carbonyl (C=O) groups excluding carboxylic acids is 2. The number of pyridine rings is 2. The molecule has 7 rings (SSSR count). The summed E-state index contributed by atoms with van der Waals surface area (Å²) < 4.78 is 55.6. The van der Waals surface area contributed by atoms with Gasteiger partial charge in [-0.1, -0.05) is 30.3 Å². The number of hydrogen-bond donors (Lipinski definition) is 4. The normalized spacial score (nSPS) is 15.7. The van der Waals surface area contributed by atoms with E-state index in [1.165, 1.54) is 25.2 Å². The van der Waals surface area contributed by atoms with Crippen molar-refractivity contribution in [3.8, 4) is 0 Å². The molecule has 12 nitrogen and oxygen atoms in total. The van der Waals surface area contributed by atoms with Gasteiger partial charge in [0.15, 0.2) is 0 Å². The molecule has 16 heteroatoms. The molecule has 62 heavy (non-hydrogen) atoms. The number of fused-ring (bicyclic) bond motifs is 2. The minimum absolute atomic E-state index is 0.134. The Morgan fingerprint density at radius 3 is 1.58 bits per heavy atom. The maximum absolute atomic E-state index is 13.8. The Labute approximate surface area is 358 Å². The average Bonchev–Trinajstić information content (AvgIpc) is 3.24.